The molecule has 0 aliphatic rings. The SMILES string of the molecule is Cn1c(=O)n(CCCON)c(=O)c2c1nc(Oc1ccc(F)c(F)c1)n2Cc1ccc(Cl)cn1. The quantitative estimate of drug-likeness (QED) is 0.296. The molecule has 4 rings (SSSR count). The maximum absolute atomic E-state index is 13.7. The van der Waals surface area contributed by atoms with Crippen LogP contribution in [0, 0.1) is 11.6 Å². The van der Waals surface area contributed by atoms with Gasteiger partial charge in [0.25, 0.3) is 5.56 Å². The van der Waals surface area contributed by atoms with Crippen molar-refractivity contribution in [1.82, 2.24) is 23.7 Å². The van der Waals surface area contributed by atoms with Gasteiger partial charge in [-0.25, -0.2) is 19.5 Å². The topological polar surface area (TPSA) is 119 Å². The molecule has 0 saturated heterocycles. The predicted octanol–water partition coefficient (Wildman–Crippen LogP) is 2.34. The molecule has 2 N–H and O–H groups in total. The Kier molecular flexibility index (Phi) is 6.72. The molecular formula is C21H19ClF2N6O4. The van der Waals surface area contributed by atoms with Crippen LogP contribution in [0.4, 0.5) is 8.78 Å². The number of nitrogens with two attached hydrogens (primary N) is 1. The van der Waals surface area contributed by atoms with E-state index >= 15 is 0 Å². The zero-order valence-electron chi connectivity index (χ0n) is 17.9. The fourth-order valence-corrected chi connectivity index (χ4v) is 3.50. The number of ether oxygens (including phenoxy) is 1. The maximum atomic E-state index is 13.7. The highest BCUT2D eigenvalue weighted by Gasteiger charge is 2.22. The molecule has 0 saturated carbocycles. The summed E-state index contributed by atoms with van der Waals surface area (Å²) >= 11 is 5.92. The molecule has 0 aliphatic carbocycles. The van der Waals surface area contributed by atoms with Crippen LogP contribution in [-0.4, -0.2) is 30.3 Å². The van der Waals surface area contributed by atoms with E-state index in [2.05, 4.69) is 14.8 Å². The standard InChI is InChI=1S/C21H19ClF2N6O4/c1-28-18-17(19(31)29(21(28)32)7-2-8-33-25)30(11-13-4-3-12(22)10-26-13)20(27-18)34-14-5-6-15(23)16(24)9-14/h3-6,9-10H,2,7-8,11,25H2,1H3. The van der Waals surface area contributed by atoms with Gasteiger partial charge in [0.15, 0.2) is 22.8 Å². The molecule has 4 aromatic rings. The third-order valence-electron chi connectivity index (χ3n) is 5.05. The van der Waals surface area contributed by atoms with Crippen LogP contribution in [0.2, 0.25) is 5.02 Å². The van der Waals surface area contributed by atoms with Gasteiger partial charge in [0.1, 0.15) is 5.75 Å². The molecular weight excluding hydrogens is 474 g/mol. The zero-order chi connectivity index (χ0) is 24.4. The number of rotatable bonds is 8. The first-order valence-electron chi connectivity index (χ1n) is 10.0. The third kappa shape index (κ3) is 4.55. The van der Waals surface area contributed by atoms with Crippen LogP contribution < -0.4 is 21.9 Å². The summed E-state index contributed by atoms with van der Waals surface area (Å²) in [6.07, 6.45) is 1.76. The summed E-state index contributed by atoms with van der Waals surface area (Å²) in [5.74, 6) is 2.83. The number of imidazole rings is 1. The Balaban J connectivity index is 1.90. The van der Waals surface area contributed by atoms with Crippen molar-refractivity contribution in [2.24, 2.45) is 12.9 Å². The zero-order valence-corrected chi connectivity index (χ0v) is 18.6. The molecule has 3 aromatic heterocycles. The highest BCUT2D eigenvalue weighted by molar-refractivity contribution is 6.30. The monoisotopic (exact) mass is 492 g/mol. The minimum atomic E-state index is -1.11. The number of aromatic nitrogens is 5. The maximum Gasteiger partial charge on any atom is 0.332 e. The van der Waals surface area contributed by atoms with Gasteiger partial charge in [-0.3, -0.25) is 23.5 Å². The van der Waals surface area contributed by atoms with E-state index in [0.29, 0.717) is 17.1 Å². The summed E-state index contributed by atoms with van der Waals surface area (Å²) in [5, 5.41) is 0.421. The number of nitrogens with zero attached hydrogens (tertiary/aromatic N) is 5. The van der Waals surface area contributed by atoms with Crippen molar-refractivity contribution in [2.75, 3.05) is 6.61 Å². The van der Waals surface area contributed by atoms with Crippen molar-refractivity contribution in [2.45, 2.75) is 19.5 Å². The summed E-state index contributed by atoms with van der Waals surface area (Å²) in [6, 6.07) is 6.12. The average Bonchev–Trinajstić information content (AvgIpc) is 3.16. The van der Waals surface area contributed by atoms with Crippen molar-refractivity contribution in [1.29, 1.82) is 0 Å². The normalized spacial score (nSPS) is 11.3. The van der Waals surface area contributed by atoms with Crippen LogP contribution in [0.1, 0.15) is 12.1 Å². The number of hydrogen-bond acceptors (Lipinski definition) is 7. The van der Waals surface area contributed by atoms with E-state index in [1.807, 2.05) is 0 Å². The van der Waals surface area contributed by atoms with E-state index in [1.54, 1.807) is 12.1 Å². The number of fused-ring (bicyclic) bond motifs is 1. The van der Waals surface area contributed by atoms with Gasteiger partial charge in [-0.15, -0.1) is 0 Å². The van der Waals surface area contributed by atoms with E-state index in [-0.39, 0.29) is 42.6 Å². The van der Waals surface area contributed by atoms with Crippen LogP contribution in [0.5, 0.6) is 11.8 Å². The van der Waals surface area contributed by atoms with Crippen molar-refractivity contribution >= 4 is 22.8 Å². The summed E-state index contributed by atoms with van der Waals surface area (Å²) in [5.41, 5.74) is -0.590. The van der Waals surface area contributed by atoms with Crippen LogP contribution in [0.3, 0.4) is 0 Å². The van der Waals surface area contributed by atoms with Crippen LogP contribution >= 0.6 is 11.6 Å². The second-order valence-electron chi connectivity index (χ2n) is 7.32. The molecule has 0 fully saturated rings. The number of halogens is 3. The molecule has 178 valence electrons. The first-order chi connectivity index (χ1) is 16.3. The van der Waals surface area contributed by atoms with Gasteiger partial charge < -0.3 is 9.57 Å². The number of pyridine rings is 1. The van der Waals surface area contributed by atoms with Crippen LogP contribution in [-0.2, 0) is 25.0 Å². The van der Waals surface area contributed by atoms with E-state index < -0.39 is 22.9 Å². The Morgan fingerprint density at radius 1 is 1.12 bits per heavy atom. The van der Waals surface area contributed by atoms with Crippen LogP contribution in [0.15, 0.2) is 46.1 Å². The van der Waals surface area contributed by atoms with Gasteiger partial charge in [0.05, 0.1) is 23.9 Å². The molecule has 0 aliphatic heterocycles. The average molecular weight is 493 g/mol. The Morgan fingerprint density at radius 2 is 1.91 bits per heavy atom. The molecule has 10 nitrogen and oxygen atoms in total. The fourth-order valence-electron chi connectivity index (χ4n) is 3.39. The Morgan fingerprint density at radius 3 is 2.59 bits per heavy atom. The number of hydrogen-bond donors (Lipinski definition) is 1. The molecule has 34 heavy (non-hydrogen) atoms. The minimum Gasteiger partial charge on any atom is -0.425 e. The van der Waals surface area contributed by atoms with Crippen molar-refractivity contribution < 1.29 is 18.4 Å². The molecule has 3 heterocycles. The molecule has 0 bridgehead atoms. The van der Waals surface area contributed by atoms with Gasteiger partial charge in [0.2, 0.25) is 0 Å². The van der Waals surface area contributed by atoms with Gasteiger partial charge in [-0.1, -0.05) is 11.6 Å². The number of aryl methyl sites for hydroxylation is 1. The fraction of sp³-hybridized carbons (Fsp3) is 0.238. The van der Waals surface area contributed by atoms with E-state index in [0.717, 1.165) is 16.7 Å². The highest BCUT2D eigenvalue weighted by atomic mass is 35.5. The first-order valence-corrected chi connectivity index (χ1v) is 10.4. The Bertz CT molecular complexity index is 1470. The van der Waals surface area contributed by atoms with Crippen molar-refractivity contribution in [3.63, 3.8) is 0 Å². The second kappa shape index (κ2) is 9.71. The summed E-state index contributed by atoms with van der Waals surface area (Å²) in [7, 11) is 1.46. The smallest absolute Gasteiger partial charge is 0.332 e. The third-order valence-corrected chi connectivity index (χ3v) is 5.27. The minimum absolute atomic E-state index is 0.0199. The van der Waals surface area contributed by atoms with Gasteiger partial charge >= 0.3 is 11.7 Å². The predicted molar refractivity (Wildman–Crippen MR) is 119 cm³/mol. The van der Waals surface area contributed by atoms with Gasteiger partial charge in [-0.05, 0) is 30.7 Å². The lowest BCUT2D eigenvalue weighted by Gasteiger charge is -2.11. The summed E-state index contributed by atoms with van der Waals surface area (Å²) in [4.78, 5) is 39.2. The molecule has 0 spiro atoms. The number of benzene rings is 1. The lowest BCUT2D eigenvalue weighted by Crippen LogP contribution is -2.40. The second-order valence-corrected chi connectivity index (χ2v) is 7.76. The van der Waals surface area contributed by atoms with Gasteiger partial charge in [-0.2, -0.15) is 4.98 Å². The van der Waals surface area contributed by atoms with E-state index in [9.17, 15) is 18.4 Å². The Hall–Kier alpha value is -3.61. The molecule has 13 heteroatoms. The molecule has 1 aromatic carbocycles. The molecule has 0 unspecified atom stereocenters. The van der Waals surface area contributed by atoms with Crippen LogP contribution in [0.25, 0.3) is 11.2 Å². The Labute approximate surface area is 195 Å². The molecule has 0 atom stereocenters. The van der Waals surface area contributed by atoms with Crippen molar-refractivity contribution in [3.8, 4) is 11.8 Å². The summed E-state index contributed by atoms with van der Waals surface area (Å²) < 4.78 is 36.4. The lowest BCUT2D eigenvalue weighted by atomic mass is 10.3. The summed E-state index contributed by atoms with van der Waals surface area (Å²) in [6.45, 7) is 0.223. The van der Waals surface area contributed by atoms with E-state index in [4.69, 9.17) is 22.2 Å². The highest BCUT2D eigenvalue weighted by Crippen LogP contribution is 2.26. The van der Waals surface area contributed by atoms with Crippen molar-refractivity contribution in [3.05, 3.63) is 79.7 Å². The molecule has 0 radical (unpaired) electrons. The lowest BCUT2D eigenvalue weighted by molar-refractivity contribution is 0.131. The first kappa shape index (κ1) is 23.5. The molecule has 0 amide bonds. The van der Waals surface area contributed by atoms with Gasteiger partial charge in [0, 0.05) is 25.9 Å². The van der Waals surface area contributed by atoms with E-state index in [1.165, 1.54) is 28.4 Å². The largest absolute Gasteiger partial charge is 0.425 e.